The van der Waals surface area contributed by atoms with Gasteiger partial charge in [-0.15, -0.1) is 16.4 Å². The summed E-state index contributed by atoms with van der Waals surface area (Å²) in [5.74, 6) is 0.0747. The average molecular weight is 243 g/mol. The summed E-state index contributed by atoms with van der Waals surface area (Å²) in [6.45, 7) is 1.56. The van der Waals surface area contributed by atoms with E-state index in [9.17, 15) is 4.79 Å². The molecule has 0 aliphatic carbocycles. The largest absolute Gasteiger partial charge is 0.294 e. The number of ketones is 1. The number of hydrogen-bond acceptors (Lipinski definition) is 4. The van der Waals surface area contributed by atoms with Gasteiger partial charge >= 0.3 is 0 Å². The van der Waals surface area contributed by atoms with Crippen LogP contribution in [-0.4, -0.2) is 20.8 Å². The van der Waals surface area contributed by atoms with Crippen molar-refractivity contribution in [2.24, 2.45) is 0 Å². The fourth-order valence-electron chi connectivity index (χ4n) is 1.66. The normalized spacial score (nSPS) is 10.9. The number of nitrogens with zero attached hydrogens (tertiary/aromatic N) is 3. The van der Waals surface area contributed by atoms with Crippen LogP contribution in [0.3, 0.4) is 0 Å². The van der Waals surface area contributed by atoms with E-state index in [1.165, 1.54) is 11.3 Å². The van der Waals surface area contributed by atoms with E-state index in [2.05, 4.69) is 10.3 Å². The Bertz CT molecular complexity index is 698. The van der Waals surface area contributed by atoms with Crippen LogP contribution in [0.2, 0.25) is 0 Å². The van der Waals surface area contributed by atoms with Crippen LogP contribution in [0.1, 0.15) is 16.6 Å². The highest BCUT2D eigenvalue weighted by Crippen LogP contribution is 2.23. The maximum absolute atomic E-state index is 11.3. The molecule has 3 rings (SSSR count). The number of benzene rings is 1. The van der Waals surface area contributed by atoms with Gasteiger partial charge in [0.25, 0.3) is 0 Å². The van der Waals surface area contributed by atoms with Gasteiger partial charge in [0.2, 0.25) is 0 Å². The average Bonchev–Trinajstić information content (AvgIpc) is 2.95. The van der Waals surface area contributed by atoms with Crippen molar-refractivity contribution in [3.63, 3.8) is 0 Å². The number of carbonyl (C=O) groups excluding carboxylic acids is 1. The molecular formula is C12H9N3OS. The molecule has 0 unspecified atom stereocenters. The molecule has 2 heterocycles. The van der Waals surface area contributed by atoms with Gasteiger partial charge in [-0.25, -0.2) is 4.68 Å². The van der Waals surface area contributed by atoms with Crippen molar-refractivity contribution < 1.29 is 4.79 Å². The number of aromatic nitrogens is 3. The van der Waals surface area contributed by atoms with Gasteiger partial charge in [-0.2, -0.15) is 0 Å². The lowest BCUT2D eigenvalue weighted by Crippen LogP contribution is -1.92. The number of carbonyl (C=O) groups is 1. The Labute approximate surface area is 101 Å². The van der Waals surface area contributed by atoms with Gasteiger partial charge in [0.1, 0.15) is 10.5 Å². The maximum Gasteiger partial charge on any atom is 0.169 e. The maximum atomic E-state index is 11.3. The lowest BCUT2D eigenvalue weighted by Gasteiger charge is -1.96. The summed E-state index contributed by atoms with van der Waals surface area (Å²) >= 11 is 1.42. The van der Waals surface area contributed by atoms with E-state index in [-0.39, 0.29) is 5.78 Å². The quantitative estimate of drug-likeness (QED) is 0.650. The summed E-state index contributed by atoms with van der Waals surface area (Å²) in [6.07, 6.45) is 0. The molecule has 0 spiro atoms. The van der Waals surface area contributed by atoms with Crippen molar-refractivity contribution in [1.82, 2.24) is 15.0 Å². The first-order chi connectivity index (χ1) is 8.25. The second-order valence-electron chi connectivity index (χ2n) is 3.68. The highest BCUT2D eigenvalue weighted by molar-refractivity contribution is 7.16. The van der Waals surface area contributed by atoms with E-state index in [1.807, 2.05) is 36.4 Å². The molecule has 0 saturated heterocycles. The zero-order valence-corrected chi connectivity index (χ0v) is 9.94. The highest BCUT2D eigenvalue weighted by atomic mass is 32.1. The molecule has 84 valence electrons. The smallest absolute Gasteiger partial charge is 0.169 e. The van der Waals surface area contributed by atoms with Crippen LogP contribution in [0.25, 0.3) is 16.0 Å². The topological polar surface area (TPSA) is 47.8 Å². The molecule has 0 aliphatic heterocycles. The minimum Gasteiger partial charge on any atom is -0.294 e. The first kappa shape index (κ1) is 10.2. The van der Waals surface area contributed by atoms with Gasteiger partial charge < -0.3 is 0 Å². The van der Waals surface area contributed by atoms with Crippen LogP contribution < -0.4 is 0 Å². The third-order valence-corrected chi connectivity index (χ3v) is 3.66. The van der Waals surface area contributed by atoms with Crippen molar-refractivity contribution in [3.05, 3.63) is 41.3 Å². The van der Waals surface area contributed by atoms with Crippen molar-refractivity contribution in [3.8, 4) is 5.00 Å². The molecule has 17 heavy (non-hydrogen) atoms. The van der Waals surface area contributed by atoms with Gasteiger partial charge in [0.15, 0.2) is 5.78 Å². The second kappa shape index (κ2) is 3.78. The molecular weight excluding hydrogens is 234 g/mol. The van der Waals surface area contributed by atoms with Gasteiger partial charge in [0, 0.05) is 0 Å². The Hall–Kier alpha value is -2.01. The van der Waals surface area contributed by atoms with E-state index in [0.29, 0.717) is 0 Å². The Morgan fingerprint density at radius 3 is 2.82 bits per heavy atom. The summed E-state index contributed by atoms with van der Waals surface area (Å²) < 4.78 is 1.76. The predicted molar refractivity (Wildman–Crippen MR) is 66.7 cm³/mol. The zero-order chi connectivity index (χ0) is 11.8. The number of para-hydroxylation sites is 1. The summed E-state index contributed by atoms with van der Waals surface area (Å²) in [5.41, 5.74) is 1.80. The molecule has 0 N–H and O–H groups in total. The zero-order valence-electron chi connectivity index (χ0n) is 9.12. The van der Waals surface area contributed by atoms with Gasteiger partial charge in [-0.05, 0) is 31.2 Å². The molecule has 3 aromatic rings. The van der Waals surface area contributed by atoms with E-state index >= 15 is 0 Å². The molecule has 1 aromatic carbocycles. The van der Waals surface area contributed by atoms with Crippen molar-refractivity contribution in [1.29, 1.82) is 0 Å². The van der Waals surface area contributed by atoms with Crippen LogP contribution in [0.4, 0.5) is 0 Å². The van der Waals surface area contributed by atoms with Crippen LogP contribution in [0, 0.1) is 0 Å². The summed E-state index contributed by atoms with van der Waals surface area (Å²) in [7, 11) is 0. The molecule has 0 atom stereocenters. The molecule has 0 bridgehead atoms. The van der Waals surface area contributed by atoms with Gasteiger partial charge in [0.05, 0.1) is 10.4 Å². The fourth-order valence-corrected chi connectivity index (χ4v) is 2.52. The predicted octanol–water partition coefficient (Wildman–Crippen LogP) is 2.68. The van der Waals surface area contributed by atoms with Crippen LogP contribution >= 0.6 is 11.3 Å². The molecule has 0 aliphatic rings. The molecule has 4 nitrogen and oxygen atoms in total. The number of hydrogen-bond donors (Lipinski definition) is 0. The third-order valence-electron chi connectivity index (χ3n) is 2.50. The number of rotatable bonds is 2. The lowest BCUT2D eigenvalue weighted by molar-refractivity contribution is 0.102. The Balaban J connectivity index is 2.17. The van der Waals surface area contributed by atoms with E-state index in [4.69, 9.17) is 0 Å². The fraction of sp³-hybridized carbons (Fsp3) is 0.0833. The minimum absolute atomic E-state index is 0.0747. The Kier molecular flexibility index (Phi) is 2.26. The van der Waals surface area contributed by atoms with E-state index < -0.39 is 0 Å². The molecule has 2 aromatic heterocycles. The van der Waals surface area contributed by atoms with Crippen LogP contribution in [0.15, 0.2) is 36.4 Å². The minimum atomic E-state index is 0.0747. The number of thiophene rings is 1. The van der Waals surface area contributed by atoms with E-state index in [0.717, 1.165) is 20.9 Å². The molecule has 5 heteroatoms. The lowest BCUT2D eigenvalue weighted by atomic mass is 10.3. The SMILES string of the molecule is CC(=O)c1ccc(-n2nnc3ccccc32)s1. The number of Topliss-reactive ketones (excluding diaryl/α,β-unsaturated/α-hetero) is 1. The van der Waals surface area contributed by atoms with Crippen molar-refractivity contribution in [2.45, 2.75) is 6.92 Å². The molecule has 0 radical (unpaired) electrons. The number of fused-ring (bicyclic) bond motifs is 1. The van der Waals surface area contributed by atoms with E-state index in [1.54, 1.807) is 11.6 Å². The summed E-state index contributed by atoms with van der Waals surface area (Å²) in [6, 6.07) is 11.5. The summed E-state index contributed by atoms with van der Waals surface area (Å²) in [4.78, 5) is 12.0. The second-order valence-corrected chi connectivity index (χ2v) is 4.75. The molecule has 0 saturated carbocycles. The molecule has 0 amide bonds. The Morgan fingerprint density at radius 2 is 2.06 bits per heavy atom. The van der Waals surface area contributed by atoms with Crippen molar-refractivity contribution in [2.75, 3.05) is 0 Å². The summed E-state index contributed by atoms with van der Waals surface area (Å²) in [5, 5.41) is 9.09. The first-order valence-corrected chi connectivity index (χ1v) is 5.99. The van der Waals surface area contributed by atoms with Crippen molar-refractivity contribution >= 4 is 28.2 Å². The third kappa shape index (κ3) is 1.64. The first-order valence-electron chi connectivity index (χ1n) is 5.17. The highest BCUT2D eigenvalue weighted by Gasteiger charge is 2.09. The van der Waals surface area contributed by atoms with Gasteiger partial charge in [-0.1, -0.05) is 17.3 Å². The van der Waals surface area contributed by atoms with Gasteiger partial charge in [-0.3, -0.25) is 4.79 Å². The molecule has 0 fully saturated rings. The van der Waals surface area contributed by atoms with Crippen LogP contribution in [-0.2, 0) is 0 Å². The monoisotopic (exact) mass is 243 g/mol. The van der Waals surface area contributed by atoms with Crippen LogP contribution in [0.5, 0.6) is 0 Å². The Morgan fingerprint density at radius 1 is 1.24 bits per heavy atom. The standard InChI is InChI=1S/C12H9N3OS/c1-8(16)11-6-7-12(17-11)15-10-5-3-2-4-9(10)13-14-15/h2-7H,1H3.